The van der Waals surface area contributed by atoms with Crippen LogP contribution < -0.4 is 10.6 Å². The number of nitrogens with one attached hydrogen (secondary N) is 2. The summed E-state index contributed by atoms with van der Waals surface area (Å²) in [7, 11) is 0. The van der Waals surface area contributed by atoms with Crippen LogP contribution in [0, 0.1) is 11.6 Å². The Morgan fingerprint density at radius 1 is 1.26 bits per heavy atom. The van der Waals surface area contributed by atoms with E-state index in [4.69, 9.17) is 11.6 Å². The van der Waals surface area contributed by atoms with Gasteiger partial charge in [-0.15, -0.1) is 0 Å². The first-order valence-corrected chi connectivity index (χ1v) is 5.96. The molecule has 7 heteroatoms. The van der Waals surface area contributed by atoms with Crippen molar-refractivity contribution >= 4 is 29.1 Å². The maximum atomic E-state index is 13.6. The van der Waals surface area contributed by atoms with E-state index in [-0.39, 0.29) is 22.5 Å². The fourth-order valence-corrected chi connectivity index (χ4v) is 1.58. The van der Waals surface area contributed by atoms with E-state index in [1.54, 1.807) is 0 Å². The minimum Gasteiger partial charge on any atom is -0.354 e. The predicted molar refractivity (Wildman–Crippen MR) is 70.8 cm³/mol. The van der Waals surface area contributed by atoms with Crippen LogP contribution in [0.25, 0.3) is 0 Å². The van der Waals surface area contributed by atoms with Gasteiger partial charge in [0, 0.05) is 11.6 Å². The largest absolute Gasteiger partial charge is 0.354 e. The molecule has 2 N–H and O–H groups in total. The van der Waals surface area contributed by atoms with Crippen molar-refractivity contribution in [3.8, 4) is 0 Å². The van der Waals surface area contributed by atoms with Crippen molar-refractivity contribution in [2.45, 2.75) is 6.92 Å². The molecule has 2 rings (SSSR count). The normalized spacial score (nSPS) is 10.3. The van der Waals surface area contributed by atoms with Crippen molar-refractivity contribution in [3.05, 3.63) is 41.1 Å². The molecule has 0 fully saturated rings. The van der Waals surface area contributed by atoms with Crippen LogP contribution in [-0.4, -0.2) is 16.5 Å². The Morgan fingerprint density at radius 3 is 2.74 bits per heavy atom. The molecule has 0 saturated carbocycles. The SMILES string of the molecule is CCNc1ncc(F)c(Nc2ccc(Cl)cc2F)n1. The van der Waals surface area contributed by atoms with Gasteiger partial charge in [0.15, 0.2) is 11.6 Å². The highest BCUT2D eigenvalue weighted by atomic mass is 35.5. The van der Waals surface area contributed by atoms with Crippen molar-refractivity contribution in [1.82, 2.24) is 9.97 Å². The number of aromatic nitrogens is 2. The van der Waals surface area contributed by atoms with Crippen LogP contribution in [-0.2, 0) is 0 Å². The van der Waals surface area contributed by atoms with Crippen molar-refractivity contribution in [1.29, 1.82) is 0 Å². The third kappa shape index (κ3) is 3.29. The van der Waals surface area contributed by atoms with E-state index in [0.717, 1.165) is 12.3 Å². The highest BCUT2D eigenvalue weighted by Crippen LogP contribution is 2.23. The second-order valence-corrected chi connectivity index (χ2v) is 4.11. The van der Waals surface area contributed by atoms with Crippen LogP contribution in [0.1, 0.15) is 6.92 Å². The molecule has 0 amide bonds. The zero-order valence-electron chi connectivity index (χ0n) is 10.0. The lowest BCUT2D eigenvalue weighted by molar-refractivity contribution is 0.616. The summed E-state index contributed by atoms with van der Waals surface area (Å²) < 4.78 is 27.1. The third-order valence-corrected chi connectivity index (χ3v) is 2.50. The Balaban J connectivity index is 2.29. The van der Waals surface area contributed by atoms with E-state index in [2.05, 4.69) is 20.6 Å². The molecule has 1 heterocycles. The molecule has 4 nitrogen and oxygen atoms in total. The molecule has 0 spiro atoms. The lowest BCUT2D eigenvalue weighted by Gasteiger charge is -2.09. The second kappa shape index (κ2) is 5.79. The topological polar surface area (TPSA) is 49.8 Å². The van der Waals surface area contributed by atoms with E-state index in [9.17, 15) is 8.78 Å². The number of anilines is 3. The molecular weight excluding hydrogens is 274 g/mol. The summed E-state index contributed by atoms with van der Waals surface area (Å²) in [5.74, 6) is -1.10. The van der Waals surface area contributed by atoms with Gasteiger partial charge >= 0.3 is 0 Å². The Bertz CT molecular complexity index is 592. The zero-order chi connectivity index (χ0) is 13.8. The predicted octanol–water partition coefficient (Wildman–Crippen LogP) is 3.58. The molecule has 2 aromatic rings. The highest BCUT2D eigenvalue weighted by Gasteiger charge is 2.10. The van der Waals surface area contributed by atoms with E-state index >= 15 is 0 Å². The van der Waals surface area contributed by atoms with Gasteiger partial charge in [-0.3, -0.25) is 0 Å². The van der Waals surface area contributed by atoms with Crippen LogP contribution in [0.3, 0.4) is 0 Å². The van der Waals surface area contributed by atoms with Gasteiger partial charge in [0.2, 0.25) is 5.95 Å². The summed E-state index contributed by atoms with van der Waals surface area (Å²) in [6, 6.07) is 4.04. The Morgan fingerprint density at radius 2 is 2.05 bits per heavy atom. The van der Waals surface area contributed by atoms with Crippen LogP contribution in [0.2, 0.25) is 5.02 Å². The zero-order valence-corrected chi connectivity index (χ0v) is 10.8. The second-order valence-electron chi connectivity index (χ2n) is 3.67. The minimum absolute atomic E-state index is 0.0875. The Labute approximate surface area is 113 Å². The first kappa shape index (κ1) is 13.5. The quantitative estimate of drug-likeness (QED) is 0.901. The van der Waals surface area contributed by atoms with E-state index < -0.39 is 11.6 Å². The van der Waals surface area contributed by atoms with Crippen LogP contribution >= 0.6 is 11.6 Å². The summed E-state index contributed by atoms with van der Waals surface area (Å²) in [6.45, 7) is 2.46. The molecule has 19 heavy (non-hydrogen) atoms. The van der Waals surface area contributed by atoms with Crippen molar-refractivity contribution in [3.63, 3.8) is 0 Å². The molecule has 0 atom stereocenters. The lowest BCUT2D eigenvalue weighted by atomic mass is 10.3. The van der Waals surface area contributed by atoms with Crippen molar-refractivity contribution in [2.24, 2.45) is 0 Å². The molecule has 0 bridgehead atoms. The number of hydrogen-bond donors (Lipinski definition) is 2. The van der Waals surface area contributed by atoms with Gasteiger partial charge in [-0.2, -0.15) is 4.98 Å². The number of nitrogens with zero attached hydrogens (tertiary/aromatic N) is 2. The van der Waals surface area contributed by atoms with Crippen LogP contribution in [0.15, 0.2) is 24.4 Å². The van der Waals surface area contributed by atoms with Gasteiger partial charge in [0.25, 0.3) is 0 Å². The summed E-state index contributed by atoms with van der Waals surface area (Å²) in [4.78, 5) is 7.67. The number of halogens is 3. The summed E-state index contributed by atoms with van der Waals surface area (Å²) in [5, 5.41) is 5.67. The summed E-state index contributed by atoms with van der Waals surface area (Å²) in [5.41, 5.74) is 0.0875. The van der Waals surface area contributed by atoms with Crippen LogP contribution in [0.4, 0.5) is 26.2 Å². The average molecular weight is 285 g/mol. The maximum Gasteiger partial charge on any atom is 0.224 e. The third-order valence-electron chi connectivity index (χ3n) is 2.26. The molecule has 0 radical (unpaired) electrons. The molecular formula is C12H11ClF2N4. The van der Waals surface area contributed by atoms with Gasteiger partial charge in [-0.1, -0.05) is 11.6 Å². The van der Waals surface area contributed by atoms with E-state index in [0.29, 0.717) is 6.54 Å². The van der Waals surface area contributed by atoms with Gasteiger partial charge in [-0.05, 0) is 25.1 Å². The Hall–Kier alpha value is -1.95. The molecule has 0 saturated heterocycles. The number of benzene rings is 1. The summed E-state index contributed by atoms with van der Waals surface area (Å²) in [6.07, 6.45) is 1.02. The van der Waals surface area contributed by atoms with E-state index in [1.807, 2.05) is 6.92 Å². The van der Waals surface area contributed by atoms with Crippen molar-refractivity contribution in [2.75, 3.05) is 17.2 Å². The smallest absolute Gasteiger partial charge is 0.224 e. The van der Waals surface area contributed by atoms with Gasteiger partial charge in [0.05, 0.1) is 11.9 Å². The molecule has 1 aromatic carbocycles. The lowest BCUT2D eigenvalue weighted by Crippen LogP contribution is -2.06. The van der Waals surface area contributed by atoms with E-state index in [1.165, 1.54) is 12.1 Å². The molecule has 1 aromatic heterocycles. The standard InChI is InChI=1S/C12H11ClF2N4/c1-2-16-12-17-6-9(15)11(19-12)18-10-4-3-7(13)5-8(10)14/h3-6H,2H2,1H3,(H2,16,17,18,19). The number of rotatable bonds is 4. The molecule has 0 unspecified atom stereocenters. The fraction of sp³-hybridized carbons (Fsp3) is 0.167. The molecule has 0 aliphatic heterocycles. The molecule has 0 aliphatic rings. The Kier molecular flexibility index (Phi) is 4.11. The maximum absolute atomic E-state index is 13.6. The number of hydrogen-bond acceptors (Lipinski definition) is 4. The van der Waals surface area contributed by atoms with Gasteiger partial charge in [-0.25, -0.2) is 13.8 Å². The monoisotopic (exact) mass is 284 g/mol. The molecule has 100 valence electrons. The summed E-state index contributed by atoms with van der Waals surface area (Å²) >= 11 is 5.64. The van der Waals surface area contributed by atoms with Gasteiger partial charge in [0.1, 0.15) is 5.82 Å². The van der Waals surface area contributed by atoms with Crippen LogP contribution in [0.5, 0.6) is 0 Å². The fourth-order valence-electron chi connectivity index (χ4n) is 1.42. The van der Waals surface area contributed by atoms with Crippen molar-refractivity contribution < 1.29 is 8.78 Å². The average Bonchev–Trinajstić information content (AvgIpc) is 2.37. The highest BCUT2D eigenvalue weighted by molar-refractivity contribution is 6.30. The first-order valence-electron chi connectivity index (χ1n) is 5.58. The van der Waals surface area contributed by atoms with Gasteiger partial charge < -0.3 is 10.6 Å². The molecule has 0 aliphatic carbocycles. The minimum atomic E-state index is -0.670. The first-order chi connectivity index (χ1) is 9.10.